The Labute approximate surface area is 171 Å². The molecule has 0 aliphatic rings. The molecule has 0 bridgehead atoms. The van der Waals surface area contributed by atoms with Crippen molar-refractivity contribution in [1.82, 2.24) is 9.38 Å². The Balaban J connectivity index is 1.78. The standard InChI is InChI=1S/C21H15Cl2N3O2/c1-28-15-8-5-13(6-9-15)19-20(26-11-3-2-4-18(26)24-19)25-21(27)14-7-10-16(22)17(23)12-14/h2-12H,1H3,(H,25,27). The maximum absolute atomic E-state index is 12.8. The number of hydrogen-bond donors (Lipinski definition) is 1. The van der Waals surface area contributed by atoms with Crippen LogP contribution in [0.25, 0.3) is 16.9 Å². The molecule has 140 valence electrons. The first-order valence-electron chi connectivity index (χ1n) is 8.45. The lowest BCUT2D eigenvalue weighted by Gasteiger charge is -2.09. The maximum Gasteiger partial charge on any atom is 0.256 e. The number of hydrogen-bond acceptors (Lipinski definition) is 3. The molecule has 0 atom stereocenters. The summed E-state index contributed by atoms with van der Waals surface area (Å²) in [5, 5.41) is 3.67. The highest BCUT2D eigenvalue weighted by Crippen LogP contribution is 2.31. The number of pyridine rings is 1. The zero-order chi connectivity index (χ0) is 19.7. The molecule has 2 aromatic heterocycles. The fraction of sp³-hybridized carbons (Fsp3) is 0.0476. The number of halogens is 2. The average Bonchev–Trinajstić information content (AvgIpc) is 3.08. The molecule has 2 aromatic carbocycles. The monoisotopic (exact) mass is 411 g/mol. The number of benzene rings is 2. The van der Waals surface area contributed by atoms with Crippen molar-refractivity contribution in [2.24, 2.45) is 0 Å². The quantitative estimate of drug-likeness (QED) is 0.477. The van der Waals surface area contributed by atoms with Crippen LogP contribution in [0.4, 0.5) is 5.82 Å². The van der Waals surface area contributed by atoms with Gasteiger partial charge in [0.2, 0.25) is 0 Å². The van der Waals surface area contributed by atoms with Gasteiger partial charge in [-0.25, -0.2) is 4.98 Å². The number of anilines is 1. The Bertz CT molecular complexity index is 1170. The van der Waals surface area contributed by atoms with Crippen LogP contribution in [0, 0.1) is 0 Å². The van der Waals surface area contributed by atoms with Gasteiger partial charge in [-0.15, -0.1) is 0 Å². The fourth-order valence-corrected chi connectivity index (χ4v) is 3.18. The lowest BCUT2D eigenvalue weighted by molar-refractivity contribution is 0.102. The summed E-state index contributed by atoms with van der Waals surface area (Å²) in [5.41, 5.74) is 2.63. The van der Waals surface area contributed by atoms with E-state index in [1.165, 1.54) is 6.07 Å². The second-order valence-electron chi connectivity index (χ2n) is 6.05. The van der Waals surface area contributed by atoms with Gasteiger partial charge in [-0.05, 0) is 54.6 Å². The highest BCUT2D eigenvalue weighted by molar-refractivity contribution is 6.42. The van der Waals surface area contributed by atoms with E-state index in [0.717, 1.165) is 17.0 Å². The van der Waals surface area contributed by atoms with E-state index in [9.17, 15) is 4.79 Å². The summed E-state index contributed by atoms with van der Waals surface area (Å²) in [6, 6.07) is 17.9. The van der Waals surface area contributed by atoms with Gasteiger partial charge in [-0.2, -0.15) is 0 Å². The highest BCUT2D eigenvalue weighted by atomic mass is 35.5. The molecule has 0 spiro atoms. The third-order valence-electron chi connectivity index (χ3n) is 4.31. The first-order chi connectivity index (χ1) is 13.6. The number of aromatic nitrogens is 2. The Hall–Kier alpha value is -3.02. The van der Waals surface area contributed by atoms with Crippen molar-refractivity contribution in [2.75, 3.05) is 12.4 Å². The van der Waals surface area contributed by atoms with Crippen molar-refractivity contribution in [3.63, 3.8) is 0 Å². The van der Waals surface area contributed by atoms with Crippen molar-refractivity contribution in [3.05, 3.63) is 82.5 Å². The van der Waals surface area contributed by atoms with E-state index in [4.69, 9.17) is 27.9 Å². The molecule has 2 heterocycles. The molecule has 0 aliphatic heterocycles. The number of carbonyl (C=O) groups excluding carboxylic acids is 1. The molecule has 0 saturated carbocycles. The number of nitrogens with one attached hydrogen (secondary N) is 1. The fourth-order valence-electron chi connectivity index (χ4n) is 2.88. The van der Waals surface area contributed by atoms with Crippen LogP contribution >= 0.6 is 23.2 Å². The van der Waals surface area contributed by atoms with E-state index in [-0.39, 0.29) is 5.91 Å². The third kappa shape index (κ3) is 3.42. The normalized spacial score (nSPS) is 10.8. The number of rotatable bonds is 4. The SMILES string of the molecule is COc1ccc(-c2nc3ccccn3c2NC(=O)c2ccc(Cl)c(Cl)c2)cc1. The summed E-state index contributed by atoms with van der Waals surface area (Å²) < 4.78 is 7.05. The van der Waals surface area contributed by atoms with Crippen molar-refractivity contribution < 1.29 is 9.53 Å². The van der Waals surface area contributed by atoms with Crippen LogP contribution in [0.15, 0.2) is 66.9 Å². The molecular weight excluding hydrogens is 397 g/mol. The van der Waals surface area contributed by atoms with Crippen molar-refractivity contribution in [2.45, 2.75) is 0 Å². The third-order valence-corrected chi connectivity index (χ3v) is 5.05. The van der Waals surface area contributed by atoms with Crippen LogP contribution in [0.3, 0.4) is 0 Å². The van der Waals surface area contributed by atoms with Gasteiger partial charge >= 0.3 is 0 Å². The minimum Gasteiger partial charge on any atom is -0.497 e. The lowest BCUT2D eigenvalue weighted by atomic mass is 10.1. The van der Waals surface area contributed by atoms with Crippen molar-refractivity contribution in [1.29, 1.82) is 0 Å². The van der Waals surface area contributed by atoms with Crippen LogP contribution in [0.1, 0.15) is 10.4 Å². The summed E-state index contributed by atoms with van der Waals surface area (Å²) in [7, 11) is 1.61. The topological polar surface area (TPSA) is 55.6 Å². The van der Waals surface area contributed by atoms with Crippen LogP contribution in [0.5, 0.6) is 5.75 Å². The Morgan fingerprint density at radius 3 is 2.54 bits per heavy atom. The van der Waals surface area contributed by atoms with E-state index in [2.05, 4.69) is 10.3 Å². The zero-order valence-corrected chi connectivity index (χ0v) is 16.3. The minimum atomic E-state index is -0.306. The van der Waals surface area contributed by atoms with Crippen LogP contribution in [-0.2, 0) is 0 Å². The molecule has 0 fully saturated rings. The Morgan fingerprint density at radius 2 is 1.82 bits per heavy atom. The van der Waals surface area contributed by atoms with Crippen molar-refractivity contribution in [3.8, 4) is 17.0 Å². The van der Waals surface area contributed by atoms with Gasteiger partial charge < -0.3 is 10.1 Å². The molecular formula is C21H15Cl2N3O2. The number of methoxy groups -OCH3 is 1. The molecule has 7 heteroatoms. The molecule has 0 unspecified atom stereocenters. The van der Waals surface area contributed by atoms with E-state index < -0.39 is 0 Å². The van der Waals surface area contributed by atoms with Gasteiger partial charge in [0.1, 0.15) is 22.9 Å². The number of amides is 1. The summed E-state index contributed by atoms with van der Waals surface area (Å²) in [4.78, 5) is 17.5. The van der Waals surface area contributed by atoms with Gasteiger partial charge in [-0.3, -0.25) is 9.20 Å². The molecule has 0 radical (unpaired) electrons. The predicted molar refractivity (Wildman–Crippen MR) is 112 cm³/mol. The van der Waals surface area contributed by atoms with Gasteiger partial charge in [0, 0.05) is 17.3 Å². The van der Waals surface area contributed by atoms with Gasteiger partial charge in [0.15, 0.2) is 0 Å². The summed E-state index contributed by atoms with van der Waals surface area (Å²) in [5.74, 6) is 1.00. The number of imidazole rings is 1. The number of carbonyl (C=O) groups is 1. The molecule has 28 heavy (non-hydrogen) atoms. The number of nitrogens with zero attached hydrogens (tertiary/aromatic N) is 2. The smallest absolute Gasteiger partial charge is 0.256 e. The van der Waals surface area contributed by atoms with Gasteiger partial charge in [0.05, 0.1) is 17.2 Å². The van der Waals surface area contributed by atoms with E-state index in [1.54, 1.807) is 19.2 Å². The highest BCUT2D eigenvalue weighted by Gasteiger charge is 2.18. The maximum atomic E-state index is 12.8. The van der Waals surface area contributed by atoms with E-state index in [1.807, 2.05) is 53.1 Å². The first-order valence-corrected chi connectivity index (χ1v) is 9.20. The molecule has 4 rings (SSSR count). The Morgan fingerprint density at radius 1 is 1.04 bits per heavy atom. The summed E-state index contributed by atoms with van der Waals surface area (Å²) in [6.07, 6.45) is 1.85. The predicted octanol–water partition coefficient (Wildman–Crippen LogP) is 5.57. The number of fused-ring (bicyclic) bond motifs is 1. The zero-order valence-electron chi connectivity index (χ0n) is 14.8. The number of ether oxygens (including phenoxy) is 1. The molecule has 0 aliphatic carbocycles. The largest absolute Gasteiger partial charge is 0.497 e. The molecule has 0 saturated heterocycles. The summed E-state index contributed by atoms with van der Waals surface area (Å²) in [6.45, 7) is 0. The Kier molecular flexibility index (Phi) is 4.94. The van der Waals surface area contributed by atoms with Crippen LogP contribution in [0.2, 0.25) is 10.0 Å². The van der Waals surface area contributed by atoms with E-state index >= 15 is 0 Å². The van der Waals surface area contributed by atoms with Gasteiger partial charge in [0.25, 0.3) is 5.91 Å². The van der Waals surface area contributed by atoms with E-state index in [0.29, 0.717) is 27.1 Å². The summed E-state index contributed by atoms with van der Waals surface area (Å²) >= 11 is 12.0. The molecule has 4 aromatic rings. The van der Waals surface area contributed by atoms with Crippen molar-refractivity contribution >= 4 is 40.6 Å². The second kappa shape index (κ2) is 7.54. The van der Waals surface area contributed by atoms with Gasteiger partial charge in [-0.1, -0.05) is 29.3 Å². The van der Waals surface area contributed by atoms with Crippen LogP contribution < -0.4 is 10.1 Å². The first kappa shape index (κ1) is 18.3. The average molecular weight is 412 g/mol. The minimum absolute atomic E-state index is 0.306. The molecule has 5 nitrogen and oxygen atoms in total. The second-order valence-corrected chi connectivity index (χ2v) is 6.86. The molecule has 1 amide bonds. The molecule has 1 N–H and O–H groups in total. The lowest BCUT2D eigenvalue weighted by Crippen LogP contribution is -2.14. The van der Waals surface area contributed by atoms with Crippen LogP contribution in [-0.4, -0.2) is 22.4 Å².